The van der Waals surface area contributed by atoms with Crippen LogP contribution in [0.1, 0.15) is 84.4 Å². The predicted octanol–water partition coefficient (Wildman–Crippen LogP) is 2.35. The number of likely N-dealkylation sites (tertiary alicyclic amines) is 1. The Labute approximate surface area is 429 Å². The minimum atomic E-state index is -4.75. The topological polar surface area (TPSA) is 253 Å². The van der Waals surface area contributed by atoms with Crippen LogP contribution in [-0.4, -0.2) is 200 Å². The molecule has 23 heteroatoms. The van der Waals surface area contributed by atoms with Gasteiger partial charge in [0, 0.05) is 99.6 Å². The standard InChI is InChI=1S/C50H78N11O11P/c1-11-34(4)46(39(71-9)30-44(65)60-24-15-19-38(60)47(72-10)35(5)48(66)51-40(73(68,69)70)29-36-17-13-12-14-18-36)56(8)49(67)45(33(2)3)52-50(55(6)7)58-27-25-57(26-28-58)41(62)20-16-23-59-31-37(53-54-59)32-61-42(63)21-22-43(61)64/h12-14,17-18,21-22,31,33-35,38-40,45-47H,11,15-16,19-20,23-30,32H2,1-10H3,(H,51,66)(H2,68,69,70)/t34-,35+,38?,39+,40+,45?,46-,47+/m0/s1. The molecular weight excluding hydrogens is 962 g/mol. The van der Waals surface area contributed by atoms with E-state index in [9.17, 15) is 43.1 Å². The largest absolute Gasteiger partial charge is 0.379 e. The number of ether oxygens (including phenoxy) is 2. The third-order valence-corrected chi connectivity index (χ3v) is 15.4. The number of aliphatic imine (C=N–C) groups is 1. The second-order valence-corrected chi connectivity index (χ2v) is 21.7. The first-order valence-electron chi connectivity index (χ1n) is 25.3. The van der Waals surface area contributed by atoms with Crippen LogP contribution >= 0.6 is 7.60 Å². The molecular formula is C50H78N11O11P. The Balaban J connectivity index is 1.21. The van der Waals surface area contributed by atoms with Crippen molar-refractivity contribution in [3.05, 3.63) is 59.9 Å². The molecule has 73 heavy (non-hydrogen) atoms. The van der Waals surface area contributed by atoms with Crippen molar-refractivity contribution in [2.24, 2.45) is 22.7 Å². The molecule has 2 fully saturated rings. The van der Waals surface area contributed by atoms with Crippen LogP contribution in [0, 0.1) is 17.8 Å². The van der Waals surface area contributed by atoms with Gasteiger partial charge in [0.25, 0.3) is 11.8 Å². The molecule has 2 unspecified atom stereocenters. The summed E-state index contributed by atoms with van der Waals surface area (Å²) in [4.78, 5) is 116. The molecule has 3 aliphatic heterocycles. The van der Waals surface area contributed by atoms with E-state index in [-0.39, 0.29) is 48.9 Å². The number of aryl methyl sites for hydroxylation is 1. The molecule has 0 bridgehead atoms. The van der Waals surface area contributed by atoms with E-state index in [0.717, 1.165) is 4.90 Å². The lowest BCUT2D eigenvalue weighted by Crippen LogP contribution is -2.56. The first-order chi connectivity index (χ1) is 34.6. The van der Waals surface area contributed by atoms with Gasteiger partial charge in [-0.1, -0.05) is 76.6 Å². The molecule has 0 aliphatic carbocycles. The molecule has 404 valence electrons. The molecule has 22 nitrogen and oxygen atoms in total. The number of piperazine rings is 1. The maximum Gasteiger partial charge on any atom is 0.347 e. The van der Waals surface area contributed by atoms with Crippen LogP contribution < -0.4 is 5.32 Å². The number of imide groups is 1. The fourth-order valence-electron chi connectivity index (χ4n) is 9.97. The monoisotopic (exact) mass is 1040 g/mol. The number of likely N-dealkylation sites (N-methyl/N-ethyl adjacent to an activating group) is 1. The third kappa shape index (κ3) is 15.3. The lowest BCUT2D eigenvalue weighted by atomic mass is 9.89. The Morgan fingerprint density at radius 2 is 1.56 bits per heavy atom. The highest BCUT2D eigenvalue weighted by atomic mass is 31.2. The Morgan fingerprint density at radius 1 is 0.918 bits per heavy atom. The molecule has 2 saturated heterocycles. The van der Waals surface area contributed by atoms with Crippen molar-refractivity contribution in [3.8, 4) is 0 Å². The fourth-order valence-corrected chi connectivity index (χ4v) is 10.7. The number of carbonyl (C=O) groups is 6. The first kappa shape index (κ1) is 58.4. The zero-order chi connectivity index (χ0) is 53.7. The molecule has 0 spiro atoms. The van der Waals surface area contributed by atoms with Crippen molar-refractivity contribution < 1.29 is 52.6 Å². The summed E-state index contributed by atoms with van der Waals surface area (Å²) in [5.41, 5.74) is 1.13. The lowest BCUT2D eigenvalue weighted by molar-refractivity contribution is -0.146. The highest BCUT2D eigenvalue weighted by Gasteiger charge is 2.44. The minimum absolute atomic E-state index is 0.00594. The summed E-state index contributed by atoms with van der Waals surface area (Å²) in [6.07, 6.45) is 5.20. The molecule has 6 amide bonds. The Bertz CT molecular complexity index is 2300. The molecule has 5 rings (SSSR count). The van der Waals surface area contributed by atoms with Gasteiger partial charge < -0.3 is 49.1 Å². The number of amides is 6. The number of hydrogen-bond acceptors (Lipinski definition) is 12. The smallest absolute Gasteiger partial charge is 0.347 e. The van der Waals surface area contributed by atoms with Crippen molar-refractivity contribution in [1.29, 1.82) is 0 Å². The average molecular weight is 1040 g/mol. The molecule has 1 aromatic carbocycles. The number of carbonyl (C=O) groups excluding carboxylic acids is 6. The minimum Gasteiger partial charge on any atom is -0.379 e. The Kier molecular flexibility index (Phi) is 21.3. The van der Waals surface area contributed by atoms with Crippen LogP contribution in [0.3, 0.4) is 0 Å². The van der Waals surface area contributed by atoms with E-state index in [2.05, 4.69) is 20.5 Å². The van der Waals surface area contributed by atoms with Gasteiger partial charge in [0.15, 0.2) is 5.96 Å². The molecule has 1 aromatic heterocycles. The predicted molar refractivity (Wildman–Crippen MR) is 272 cm³/mol. The summed E-state index contributed by atoms with van der Waals surface area (Å²) >= 11 is 0. The molecule has 3 aliphatic rings. The zero-order valence-corrected chi connectivity index (χ0v) is 45.1. The van der Waals surface area contributed by atoms with Crippen LogP contribution in [-0.2, 0) is 62.3 Å². The van der Waals surface area contributed by atoms with Crippen molar-refractivity contribution in [1.82, 2.24) is 49.7 Å². The van der Waals surface area contributed by atoms with E-state index in [1.165, 1.54) is 26.4 Å². The van der Waals surface area contributed by atoms with E-state index in [1.54, 1.807) is 65.0 Å². The van der Waals surface area contributed by atoms with Crippen LogP contribution in [0.2, 0.25) is 0 Å². The van der Waals surface area contributed by atoms with Crippen molar-refractivity contribution >= 4 is 49.0 Å². The highest BCUT2D eigenvalue weighted by molar-refractivity contribution is 7.52. The lowest BCUT2D eigenvalue weighted by Gasteiger charge is -2.41. The molecule has 0 saturated carbocycles. The normalized spacial score (nSPS) is 19.5. The number of nitrogens with one attached hydrogen (secondary N) is 1. The number of guanidine groups is 1. The van der Waals surface area contributed by atoms with Gasteiger partial charge in [-0.25, -0.2) is 4.99 Å². The summed E-state index contributed by atoms with van der Waals surface area (Å²) in [5, 5.41) is 10.7. The number of nitrogens with zero attached hydrogens (tertiary/aromatic N) is 10. The van der Waals surface area contributed by atoms with Gasteiger partial charge in [-0.2, -0.15) is 0 Å². The quantitative estimate of drug-likeness (QED) is 0.0591. The summed E-state index contributed by atoms with van der Waals surface area (Å²) in [7, 11) is 3.74. The zero-order valence-electron chi connectivity index (χ0n) is 44.2. The van der Waals surface area contributed by atoms with E-state index in [4.69, 9.17) is 14.5 Å². The molecule has 2 aromatic rings. The number of benzene rings is 1. The Hall–Kier alpha value is -5.54. The summed E-state index contributed by atoms with van der Waals surface area (Å²) in [6, 6.07) is 6.96. The molecule has 4 heterocycles. The van der Waals surface area contributed by atoms with Crippen molar-refractivity contribution in [2.75, 3.05) is 68.1 Å². The van der Waals surface area contributed by atoms with Gasteiger partial charge in [-0.05, 0) is 36.7 Å². The second-order valence-electron chi connectivity index (χ2n) is 19.9. The number of hydrogen-bond donors (Lipinski definition) is 3. The van der Waals surface area contributed by atoms with Crippen molar-refractivity contribution in [2.45, 2.75) is 129 Å². The number of methoxy groups -OCH3 is 2. The first-order valence-corrected chi connectivity index (χ1v) is 27.0. The van der Waals surface area contributed by atoms with Crippen LogP contribution in [0.4, 0.5) is 0 Å². The average Bonchev–Trinajstić information content (AvgIpc) is 4.11. The third-order valence-electron chi connectivity index (χ3n) is 14.3. The van der Waals surface area contributed by atoms with Crippen molar-refractivity contribution in [3.63, 3.8) is 0 Å². The number of rotatable bonds is 24. The Morgan fingerprint density at radius 3 is 2.14 bits per heavy atom. The SMILES string of the molecule is CC[C@H](C)[C@@H]([C@@H](CC(=O)N1CCCC1[C@H](OC)[C@@H](C)C(=O)N[C@@H](Cc1ccccc1)P(=O)(O)O)OC)N(C)C(=O)C(N=C(N(C)C)N1CCN(C(=O)CCCn2cc(CN3C(=O)C=CC3=O)nn2)CC1)C(C)C. The highest BCUT2D eigenvalue weighted by Crippen LogP contribution is 2.41. The summed E-state index contributed by atoms with van der Waals surface area (Å²) < 4.78 is 26.1. The van der Waals surface area contributed by atoms with Gasteiger partial charge >= 0.3 is 7.60 Å². The molecule has 0 radical (unpaired) electrons. The molecule has 8 atom stereocenters. The van der Waals surface area contributed by atoms with E-state index in [0.29, 0.717) is 88.6 Å². The second kappa shape index (κ2) is 26.6. The maximum absolute atomic E-state index is 14.8. The maximum atomic E-state index is 14.8. The van der Waals surface area contributed by atoms with E-state index >= 15 is 0 Å². The van der Waals surface area contributed by atoms with E-state index < -0.39 is 67.4 Å². The van der Waals surface area contributed by atoms with Crippen LogP contribution in [0.25, 0.3) is 0 Å². The van der Waals surface area contributed by atoms with Crippen LogP contribution in [0.5, 0.6) is 0 Å². The summed E-state index contributed by atoms with van der Waals surface area (Å²) in [6.45, 7) is 12.4. The summed E-state index contributed by atoms with van der Waals surface area (Å²) in [5.74, 6) is -3.84. The van der Waals surface area contributed by atoms with Gasteiger partial charge in [0.1, 0.15) is 17.5 Å². The number of aromatic nitrogens is 3. The van der Waals surface area contributed by atoms with E-state index in [1.807, 2.05) is 51.6 Å². The van der Waals surface area contributed by atoms with Crippen LogP contribution in [0.15, 0.2) is 53.7 Å². The van der Waals surface area contributed by atoms with Gasteiger partial charge in [0.2, 0.25) is 23.6 Å². The molecule has 3 N–H and O–H groups in total. The van der Waals surface area contributed by atoms with Gasteiger partial charge in [-0.3, -0.25) is 42.9 Å². The van der Waals surface area contributed by atoms with Gasteiger partial charge in [-0.15, -0.1) is 5.10 Å². The fraction of sp³-hybridized carbons (Fsp3) is 0.660. The van der Waals surface area contributed by atoms with Gasteiger partial charge in [0.05, 0.1) is 49.4 Å².